The molecule has 5 nitrogen and oxygen atoms in total. The molecule has 3 heterocycles. The lowest BCUT2D eigenvalue weighted by Crippen LogP contribution is -2.34. The van der Waals surface area contributed by atoms with Gasteiger partial charge < -0.3 is 14.7 Å². The van der Waals surface area contributed by atoms with E-state index in [0.717, 1.165) is 37.5 Å². The summed E-state index contributed by atoms with van der Waals surface area (Å²) in [6.07, 6.45) is 4.07. The van der Waals surface area contributed by atoms with Gasteiger partial charge in [-0.15, -0.1) is 11.3 Å². The van der Waals surface area contributed by atoms with Crippen LogP contribution in [0.3, 0.4) is 0 Å². The highest BCUT2D eigenvalue weighted by atomic mass is 32.1. The minimum atomic E-state index is -0.882. The molecule has 0 amide bonds. The molecular weight excluding hydrogens is 406 g/mol. The quantitative estimate of drug-likeness (QED) is 0.703. The number of nitrogens with zero attached hydrogens (tertiary/aromatic N) is 3. The predicted molar refractivity (Wildman–Crippen MR) is 128 cm³/mol. The summed E-state index contributed by atoms with van der Waals surface area (Å²) in [5, 5.41) is 13.3. The van der Waals surface area contributed by atoms with Crippen LogP contribution in [0.5, 0.6) is 5.75 Å². The Morgan fingerprint density at radius 3 is 2.65 bits per heavy atom. The number of piperidine rings is 1. The Morgan fingerprint density at radius 1 is 1.06 bits per heavy atom. The highest BCUT2D eigenvalue weighted by molar-refractivity contribution is 7.10. The van der Waals surface area contributed by atoms with Crippen LogP contribution in [0.15, 0.2) is 29.6 Å². The maximum absolute atomic E-state index is 11.0. The Morgan fingerprint density at radius 2 is 1.87 bits per heavy atom. The number of likely N-dealkylation sites (N-methyl/N-ethyl adjacent to an activating group) is 1. The molecule has 170 valence electrons. The molecule has 0 saturated carbocycles. The van der Waals surface area contributed by atoms with Crippen LogP contribution in [-0.2, 0) is 25.2 Å². The summed E-state index contributed by atoms with van der Waals surface area (Å²) < 4.78 is 6.03. The largest absolute Gasteiger partial charge is 0.492 e. The molecule has 1 fully saturated rings. The summed E-state index contributed by atoms with van der Waals surface area (Å²) in [7, 11) is 3.98. The molecule has 1 atom stereocenters. The molecule has 1 aromatic heterocycles. The fourth-order valence-corrected chi connectivity index (χ4v) is 5.74. The van der Waals surface area contributed by atoms with Gasteiger partial charge in [0.1, 0.15) is 12.4 Å². The van der Waals surface area contributed by atoms with Crippen LogP contribution in [0.1, 0.15) is 47.8 Å². The third kappa shape index (κ3) is 6.08. The number of rotatable bonds is 7. The molecule has 0 unspecified atom stereocenters. The van der Waals surface area contributed by atoms with E-state index in [1.807, 2.05) is 49.4 Å². The van der Waals surface area contributed by atoms with Gasteiger partial charge in [-0.25, -0.2) is 0 Å². The Labute approximate surface area is 191 Å². The molecule has 4 rings (SSSR count). The Bertz CT molecular complexity index is 858. The number of benzene rings is 1. The standard InChI is InChI=1S/C25H37N3O2S/c1-25(29,19-26(2)3)22-7-8-24-21(14-22)16-28(11-12-30-24)17-23-13-20(18-31-23)15-27-9-5-4-6-10-27/h7-8,13-14,18,29H,4-6,9-12,15-17,19H2,1-3H3/t25-/m1/s1. The van der Waals surface area contributed by atoms with Crippen LogP contribution >= 0.6 is 11.3 Å². The van der Waals surface area contributed by atoms with E-state index in [9.17, 15) is 5.11 Å². The van der Waals surface area contributed by atoms with E-state index in [2.05, 4.69) is 27.3 Å². The molecule has 6 heteroatoms. The number of hydrogen-bond acceptors (Lipinski definition) is 6. The summed E-state index contributed by atoms with van der Waals surface area (Å²) in [6, 6.07) is 8.56. The van der Waals surface area contributed by atoms with E-state index in [1.165, 1.54) is 48.4 Å². The highest BCUT2D eigenvalue weighted by Crippen LogP contribution is 2.30. The Hall–Kier alpha value is -1.44. The molecule has 2 aliphatic rings. The van der Waals surface area contributed by atoms with Crippen molar-refractivity contribution in [2.75, 3.05) is 46.9 Å². The second-order valence-electron chi connectivity index (χ2n) is 9.65. The zero-order valence-corrected chi connectivity index (χ0v) is 20.1. The van der Waals surface area contributed by atoms with Gasteiger partial charge in [-0.3, -0.25) is 9.80 Å². The number of likely N-dealkylation sites (tertiary alicyclic amines) is 1. The first-order valence-electron chi connectivity index (χ1n) is 11.5. The van der Waals surface area contributed by atoms with E-state index in [4.69, 9.17) is 4.74 Å². The van der Waals surface area contributed by atoms with E-state index in [0.29, 0.717) is 13.2 Å². The second-order valence-corrected chi connectivity index (χ2v) is 10.6. The predicted octanol–water partition coefficient (Wildman–Crippen LogP) is 3.90. The normalized spacial score (nSPS) is 20.2. The van der Waals surface area contributed by atoms with Gasteiger partial charge in [-0.2, -0.15) is 0 Å². The van der Waals surface area contributed by atoms with E-state index in [-0.39, 0.29) is 0 Å². The maximum atomic E-state index is 11.0. The lowest BCUT2D eigenvalue weighted by Gasteiger charge is -2.28. The second kappa shape index (κ2) is 10.0. The van der Waals surface area contributed by atoms with Gasteiger partial charge in [-0.05, 0) is 81.7 Å². The topological polar surface area (TPSA) is 39.2 Å². The lowest BCUT2D eigenvalue weighted by atomic mass is 9.93. The number of aliphatic hydroxyl groups is 1. The molecule has 2 aliphatic heterocycles. The Kier molecular flexibility index (Phi) is 7.34. The van der Waals surface area contributed by atoms with Gasteiger partial charge in [0.15, 0.2) is 0 Å². The van der Waals surface area contributed by atoms with Crippen LogP contribution in [0.2, 0.25) is 0 Å². The van der Waals surface area contributed by atoms with Crippen molar-refractivity contribution in [3.05, 3.63) is 51.2 Å². The summed E-state index contributed by atoms with van der Waals surface area (Å²) >= 11 is 1.88. The minimum Gasteiger partial charge on any atom is -0.492 e. The van der Waals surface area contributed by atoms with Crippen LogP contribution in [0.4, 0.5) is 0 Å². The fourth-order valence-electron chi connectivity index (χ4n) is 4.81. The molecule has 0 spiro atoms. The van der Waals surface area contributed by atoms with Gasteiger partial charge in [0.2, 0.25) is 0 Å². The van der Waals surface area contributed by atoms with Gasteiger partial charge in [0.05, 0.1) is 5.60 Å². The van der Waals surface area contributed by atoms with E-state index in [1.54, 1.807) is 0 Å². The van der Waals surface area contributed by atoms with Crippen molar-refractivity contribution in [2.45, 2.75) is 51.4 Å². The molecular formula is C25H37N3O2S. The molecule has 0 aliphatic carbocycles. The molecule has 1 aromatic carbocycles. The van der Waals surface area contributed by atoms with Gasteiger partial charge in [-0.1, -0.05) is 12.5 Å². The molecule has 31 heavy (non-hydrogen) atoms. The first-order valence-corrected chi connectivity index (χ1v) is 12.4. The van der Waals surface area contributed by atoms with Crippen LogP contribution in [0.25, 0.3) is 0 Å². The monoisotopic (exact) mass is 443 g/mol. The zero-order chi connectivity index (χ0) is 21.8. The third-order valence-corrected chi connectivity index (χ3v) is 7.28. The van der Waals surface area contributed by atoms with Crippen molar-refractivity contribution < 1.29 is 9.84 Å². The average Bonchev–Trinajstić information content (AvgIpc) is 3.04. The molecule has 0 radical (unpaired) electrons. The summed E-state index contributed by atoms with van der Waals surface area (Å²) in [6.45, 7) is 9.46. The molecule has 0 bridgehead atoms. The number of fused-ring (bicyclic) bond motifs is 1. The number of hydrogen-bond donors (Lipinski definition) is 1. The average molecular weight is 444 g/mol. The molecule has 2 aromatic rings. The summed E-state index contributed by atoms with van der Waals surface area (Å²) in [4.78, 5) is 8.50. The van der Waals surface area contributed by atoms with Crippen molar-refractivity contribution in [2.24, 2.45) is 0 Å². The van der Waals surface area contributed by atoms with Crippen LogP contribution < -0.4 is 4.74 Å². The van der Waals surface area contributed by atoms with Crippen molar-refractivity contribution >= 4 is 11.3 Å². The van der Waals surface area contributed by atoms with Gasteiger partial charge in [0.25, 0.3) is 0 Å². The van der Waals surface area contributed by atoms with E-state index < -0.39 is 5.60 Å². The molecule has 1 saturated heterocycles. The van der Waals surface area contributed by atoms with Crippen molar-refractivity contribution in [3.8, 4) is 5.75 Å². The first kappa shape index (κ1) is 22.7. The Balaban J connectivity index is 1.42. The zero-order valence-electron chi connectivity index (χ0n) is 19.3. The van der Waals surface area contributed by atoms with E-state index >= 15 is 0 Å². The summed E-state index contributed by atoms with van der Waals surface area (Å²) in [5.74, 6) is 0.948. The first-order chi connectivity index (χ1) is 14.9. The van der Waals surface area contributed by atoms with Gasteiger partial charge >= 0.3 is 0 Å². The van der Waals surface area contributed by atoms with Gasteiger partial charge in [0, 0.05) is 43.2 Å². The molecule has 1 N–H and O–H groups in total. The smallest absolute Gasteiger partial charge is 0.123 e. The highest BCUT2D eigenvalue weighted by Gasteiger charge is 2.26. The van der Waals surface area contributed by atoms with Crippen molar-refractivity contribution in [1.82, 2.24) is 14.7 Å². The summed E-state index contributed by atoms with van der Waals surface area (Å²) in [5.41, 5.74) is 2.69. The fraction of sp³-hybridized carbons (Fsp3) is 0.600. The third-order valence-electron chi connectivity index (χ3n) is 6.31. The number of thiophene rings is 1. The van der Waals surface area contributed by atoms with Crippen LogP contribution in [-0.4, -0.2) is 66.7 Å². The van der Waals surface area contributed by atoms with Crippen LogP contribution in [0, 0.1) is 0 Å². The van der Waals surface area contributed by atoms with Crippen molar-refractivity contribution in [3.63, 3.8) is 0 Å². The lowest BCUT2D eigenvalue weighted by molar-refractivity contribution is 0.0299. The maximum Gasteiger partial charge on any atom is 0.123 e. The number of ether oxygens (including phenoxy) is 1. The minimum absolute atomic E-state index is 0.589. The van der Waals surface area contributed by atoms with Crippen molar-refractivity contribution in [1.29, 1.82) is 0 Å². The SMILES string of the molecule is CN(C)C[C@@](C)(O)c1ccc2c(c1)CN(Cc1cc(CN3CCCCC3)cs1)CCO2.